The predicted molar refractivity (Wildman–Crippen MR) is 75.6 cm³/mol. The summed E-state index contributed by atoms with van der Waals surface area (Å²) in [5, 5.41) is 10.6. The lowest BCUT2D eigenvalue weighted by Gasteiger charge is -2.04. The molecule has 0 bridgehead atoms. The van der Waals surface area contributed by atoms with Crippen LogP contribution in [0.3, 0.4) is 0 Å². The first-order chi connectivity index (χ1) is 10.2. The van der Waals surface area contributed by atoms with E-state index >= 15 is 0 Å². The number of hydrogen-bond acceptors (Lipinski definition) is 3. The number of nitrogens with zero attached hydrogens (tertiary/aromatic N) is 3. The first-order valence-electron chi connectivity index (χ1n) is 6.82. The number of hydrogen-bond donors (Lipinski definition) is 1. The van der Waals surface area contributed by atoms with Crippen LogP contribution in [-0.4, -0.2) is 20.7 Å². The fourth-order valence-electron chi connectivity index (χ4n) is 2.02. The van der Waals surface area contributed by atoms with E-state index in [2.05, 4.69) is 15.5 Å². The number of rotatable bonds is 5. The topological polar surface area (TPSA) is 59.8 Å². The maximum absolute atomic E-state index is 12.8. The molecule has 5 nitrogen and oxygen atoms in total. The summed E-state index contributed by atoms with van der Waals surface area (Å²) in [4.78, 5) is 11.7. The largest absolute Gasteiger partial charge is 0.345 e. The highest BCUT2D eigenvalue weighted by atomic mass is 19.1. The Balaban J connectivity index is 1.54. The third-order valence-electron chi connectivity index (χ3n) is 3.31. The summed E-state index contributed by atoms with van der Waals surface area (Å²) in [6.45, 7) is 0.350. The molecule has 0 saturated heterocycles. The molecule has 2 aromatic rings. The molecule has 0 radical (unpaired) electrons. The molecule has 0 aliphatic heterocycles. The van der Waals surface area contributed by atoms with Gasteiger partial charge in [-0.15, -0.1) is 10.2 Å². The monoisotopic (exact) mass is 286 g/mol. The number of aromatic nitrogens is 3. The van der Waals surface area contributed by atoms with Crippen LogP contribution in [0.25, 0.3) is 6.08 Å². The van der Waals surface area contributed by atoms with Gasteiger partial charge in [-0.1, -0.05) is 12.1 Å². The van der Waals surface area contributed by atoms with Crippen molar-refractivity contribution >= 4 is 12.0 Å². The Morgan fingerprint density at radius 2 is 2.14 bits per heavy atom. The molecular formula is C15H15FN4O. The summed E-state index contributed by atoms with van der Waals surface area (Å²) in [5.74, 6) is 0.252. The smallest absolute Gasteiger partial charge is 0.244 e. The van der Waals surface area contributed by atoms with Crippen molar-refractivity contribution in [2.45, 2.75) is 25.4 Å². The molecule has 1 saturated carbocycles. The second-order valence-corrected chi connectivity index (χ2v) is 4.99. The van der Waals surface area contributed by atoms with E-state index in [1.54, 1.807) is 24.5 Å². The van der Waals surface area contributed by atoms with Crippen LogP contribution in [0.5, 0.6) is 0 Å². The zero-order chi connectivity index (χ0) is 14.7. The normalized spacial score (nSPS) is 14.5. The van der Waals surface area contributed by atoms with Gasteiger partial charge in [-0.2, -0.15) is 0 Å². The molecule has 1 aliphatic rings. The molecule has 1 N–H and O–H groups in total. The van der Waals surface area contributed by atoms with Crippen molar-refractivity contribution in [3.63, 3.8) is 0 Å². The molecule has 1 aromatic heterocycles. The van der Waals surface area contributed by atoms with Gasteiger partial charge in [-0.3, -0.25) is 4.79 Å². The maximum Gasteiger partial charge on any atom is 0.244 e. The Morgan fingerprint density at radius 1 is 1.38 bits per heavy atom. The van der Waals surface area contributed by atoms with Crippen molar-refractivity contribution in [2.24, 2.45) is 0 Å². The van der Waals surface area contributed by atoms with Crippen LogP contribution < -0.4 is 5.32 Å². The minimum absolute atomic E-state index is 0.218. The van der Waals surface area contributed by atoms with Crippen molar-refractivity contribution in [1.82, 2.24) is 20.1 Å². The second-order valence-electron chi connectivity index (χ2n) is 4.99. The molecule has 1 heterocycles. The fraction of sp³-hybridized carbons (Fsp3) is 0.267. The number of carbonyl (C=O) groups is 1. The van der Waals surface area contributed by atoms with E-state index in [-0.39, 0.29) is 11.7 Å². The van der Waals surface area contributed by atoms with E-state index in [0.29, 0.717) is 12.6 Å². The van der Waals surface area contributed by atoms with Crippen LogP contribution in [-0.2, 0) is 11.3 Å². The highest BCUT2D eigenvalue weighted by molar-refractivity contribution is 5.91. The van der Waals surface area contributed by atoms with Crippen LogP contribution in [0.2, 0.25) is 0 Å². The Labute approximate surface area is 121 Å². The van der Waals surface area contributed by atoms with Gasteiger partial charge in [0.15, 0.2) is 5.82 Å². The first-order valence-corrected chi connectivity index (χ1v) is 6.82. The Morgan fingerprint density at radius 3 is 2.86 bits per heavy atom. The van der Waals surface area contributed by atoms with E-state index in [9.17, 15) is 9.18 Å². The number of amides is 1. The van der Waals surface area contributed by atoms with Gasteiger partial charge < -0.3 is 9.88 Å². The van der Waals surface area contributed by atoms with Gasteiger partial charge >= 0.3 is 0 Å². The quantitative estimate of drug-likeness (QED) is 0.856. The third kappa shape index (κ3) is 3.53. The van der Waals surface area contributed by atoms with E-state index in [1.807, 2.05) is 4.57 Å². The van der Waals surface area contributed by atoms with Gasteiger partial charge in [-0.05, 0) is 36.6 Å². The van der Waals surface area contributed by atoms with E-state index in [1.165, 1.54) is 18.2 Å². The van der Waals surface area contributed by atoms with Crippen molar-refractivity contribution < 1.29 is 9.18 Å². The highest BCUT2D eigenvalue weighted by Crippen LogP contribution is 2.35. The summed E-state index contributed by atoms with van der Waals surface area (Å²) in [6.07, 6.45) is 7.05. The molecule has 0 spiro atoms. The summed E-state index contributed by atoms with van der Waals surface area (Å²) >= 11 is 0. The van der Waals surface area contributed by atoms with Crippen LogP contribution in [0, 0.1) is 5.82 Å². The van der Waals surface area contributed by atoms with Crippen molar-refractivity contribution in [3.8, 4) is 0 Å². The molecule has 6 heteroatoms. The third-order valence-corrected chi connectivity index (χ3v) is 3.31. The minimum Gasteiger partial charge on any atom is -0.345 e. The van der Waals surface area contributed by atoms with Gasteiger partial charge in [0.05, 0.1) is 6.54 Å². The van der Waals surface area contributed by atoms with Gasteiger partial charge in [-0.25, -0.2) is 4.39 Å². The lowest BCUT2D eigenvalue weighted by atomic mass is 10.2. The average Bonchev–Trinajstić information content (AvgIpc) is 3.23. The average molecular weight is 286 g/mol. The number of nitrogens with one attached hydrogen (secondary N) is 1. The van der Waals surface area contributed by atoms with Gasteiger partial charge in [0.2, 0.25) is 5.91 Å². The molecule has 1 fully saturated rings. The Hall–Kier alpha value is -2.50. The predicted octanol–water partition coefficient (Wildman–Crippen LogP) is 2.08. The molecule has 108 valence electrons. The molecular weight excluding hydrogens is 271 g/mol. The second kappa shape index (κ2) is 5.87. The summed E-state index contributed by atoms with van der Waals surface area (Å²) in [5.41, 5.74) is 0.771. The highest BCUT2D eigenvalue weighted by Gasteiger charge is 2.25. The first kappa shape index (κ1) is 13.5. The zero-order valence-corrected chi connectivity index (χ0v) is 11.4. The van der Waals surface area contributed by atoms with Crippen molar-refractivity contribution in [3.05, 3.63) is 53.9 Å². The molecule has 3 rings (SSSR count). The summed E-state index contributed by atoms with van der Waals surface area (Å²) < 4.78 is 14.8. The molecule has 1 aliphatic carbocycles. The minimum atomic E-state index is -0.295. The van der Waals surface area contributed by atoms with E-state index in [4.69, 9.17) is 0 Å². The molecule has 21 heavy (non-hydrogen) atoms. The molecule has 1 aromatic carbocycles. The Bertz CT molecular complexity index is 659. The summed E-state index contributed by atoms with van der Waals surface area (Å²) in [6, 6.07) is 6.43. The number of halogens is 1. The van der Waals surface area contributed by atoms with Crippen LogP contribution in [0.1, 0.15) is 30.3 Å². The van der Waals surface area contributed by atoms with Crippen molar-refractivity contribution in [1.29, 1.82) is 0 Å². The molecule has 1 amide bonds. The van der Waals surface area contributed by atoms with Crippen LogP contribution >= 0.6 is 0 Å². The summed E-state index contributed by atoms with van der Waals surface area (Å²) in [7, 11) is 0. The zero-order valence-electron chi connectivity index (χ0n) is 11.4. The van der Waals surface area contributed by atoms with Gasteiger partial charge in [0.25, 0.3) is 0 Å². The van der Waals surface area contributed by atoms with Crippen LogP contribution in [0.4, 0.5) is 4.39 Å². The number of benzene rings is 1. The standard InChI is InChI=1S/C15H15FN4O/c16-12-4-1-11(2-5-12)3-8-15(21)17-9-14-19-18-10-20(14)13-6-7-13/h1-5,8,10,13H,6-7,9H2,(H,17,21)/b8-3-. The van der Waals surface area contributed by atoms with E-state index < -0.39 is 0 Å². The van der Waals surface area contributed by atoms with Crippen molar-refractivity contribution in [2.75, 3.05) is 0 Å². The Kier molecular flexibility index (Phi) is 3.77. The lowest BCUT2D eigenvalue weighted by molar-refractivity contribution is -0.116. The lowest BCUT2D eigenvalue weighted by Crippen LogP contribution is -2.22. The molecule has 0 unspecified atom stereocenters. The van der Waals surface area contributed by atoms with E-state index in [0.717, 1.165) is 24.2 Å². The van der Waals surface area contributed by atoms with Gasteiger partial charge in [0, 0.05) is 12.1 Å². The van der Waals surface area contributed by atoms with Crippen LogP contribution in [0.15, 0.2) is 36.7 Å². The fourth-order valence-corrected chi connectivity index (χ4v) is 2.02. The SMILES string of the molecule is O=C(/C=C\c1ccc(F)cc1)NCc1nncn1C1CC1. The maximum atomic E-state index is 12.8. The molecule has 0 atom stereocenters. The van der Waals surface area contributed by atoms with Gasteiger partial charge in [0.1, 0.15) is 12.1 Å². The number of carbonyl (C=O) groups excluding carboxylic acids is 1.